The van der Waals surface area contributed by atoms with Crippen LogP contribution in [0, 0.1) is 6.92 Å². The number of anilines is 1. The number of ether oxygens (including phenoxy) is 1. The van der Waals surface area contributed by atoms with Gasteiger partial charge in [0.25, 0.3) is 5.91 Å². The van der Waals surface area contributed by atoms with Crippen molar-refractivity contribution in [3.63, 3.8) is 0 Å². The highest BCUT2D eigenvalue weighted by Gasteiger charge is 2.30. The molecule has 0 unspecified atom stereocenters. The predicted molar refractivity (Wildman–Crippen MR) is 137 cm³/mol. The highest BCUT2D eigenvalue weighted by Crippen LogP contribution is 2.32. The van der Waals surface area contributed by atoms with E-state index in [9.17, 15) is 18.0 Å². The van der Waals surface area contributed by atoms with Gasteiger partial charge in [-0.3, -0.25) is 14.4 Å². The molecule has 198 valence electrons. The van der Waals surface area contributed by atoms with Crippen molar-refractivity contribution < 1.29 is 22.7 Å². The van der Waals surface area contributed by atoms with Crippen LogP contribution in [0.4, 0.5) is 18.9 Å². The van der Waals surface area contributed by atoms with Crippen LogP contribution in [0.25, 0.3) is 22.3 Å². The molecule has 2 aromatic heterocycles. The molecule has 0 aliphatic carbocycles. The minimum Gasteiger partial charge on any atom is -0.379 e. The SMILES string of the molecule is Cc1cc(-c2ncc3cc(C(F)(F)F)ccc3n2)ccc1N(C)C(=O)c1ccnn1CCN1CCOCC1. The normalized spacial score (nSPS) is 14.7. The van der Waals surface area contributed by atoms with E-state index in [0.29, 0.717) is 47.7 Å². The number of amides is 1. The Morgan fingerprint density at radius 1 is 1.08 bits per heavy atom. The van der Waals surface area contributed by atoms with Crippen molar-refractivity contribution in [2.45, 2.75) is 19.6 Å². The lowest BCUT2D eigenvalue weighted by molar-refractivity contribution is -0.137. The van der Waals surface area contributed by atoms with Crippen LogP contribution in [-0.2, 0) is 17.5 Å². The Morgan fingerprint density at radius 2 is 1.87 bits per heavy atom. The standard InChI is InChI=1S/C27H27F3N6O2/c1-18-15-19(25-31-17-20-16-21(27(28,29)30)4-5-22(20)33-25)3-6-23(18)34(2)26(37)24-7-8-32-36(24)10-9-35-11-13-38-14-12-35/h3-8,15-17H,9-14H2,1-2H3. The fourth-order valence-corrected chi connectivity index (χ4v) is 4.55. The predicted octanol–water partition coefficient (Wildman–Crippen LogP) is 4.43. The zero-order valence-corrected chi connectivity index (χ0v) is 21.1. The number of hydrogen-bond acceptors (Lipinski definition) is 6. The van der Waals surface area contributed by atoms with Crippen LogP contribution in [0.2, 0.25) is 0 Å². The third-order valence-electron chi connectivity index (χ3n) is 6.70. The first-order valence-electron chi connectivity index (χ1n) is 12.3. The monoisotopic (exact) mass is 524 g/mol. The van der Waals surface area contributed by atoms with Gasteiger partial charge in [-0.1, -0.05) is 0 Å². The van der Waals surface area contributed by atoms with Gasteiger partial charge < -0.3 is 9.64 Å². The Hall–Kier alpha value is -3.83. The van der Waals surface area contributed by atoms with Crippen LogP contribution in [0.3, 0.4) is 0 Å². The average molecular weight is 525 g/mol. The van der Waals surface area contributed by atoms with Gasteiger partial charge in [0.1, 0.15) is 5.69 Å². The molecule has 1 aliphatic rings. The smallest absolute Gasteiger partial charge is 0.379 e. The number of aromatic nitrogens is 4. The molecule has 2 aromatic carbocycles. The van der Waals surface area contributed by atoms with Gasteiger partial charge in [-0.25, -0.2) is 9.97 Å². The molecule has 1 aliphatic heterocycles. The van der Waals surface area contributed by atoms with E-state index in [1.165, 1.54) is 12.3 Å². The van der Waals surface area contributed by atoms with E-state index in [-0.39, 0.29) is 5.91 Å². The lowest BCUT2D eigenvalue weighted by Gasteiger charge is -2.26. The van der Waals surface area contributed by atoms with Gasteiger partial charge in [0.15, 0.2) is 5.82 Å². The minimum absolute atomic E-state index is 0.178. The maximum absolute atomic E-state index is 13.4. The Labute approximate surface area is 217 Å². The largest absolute Gasteiger partial charge is 0.416 e. The van der Waals surface area contributed by atoms with Crippen molar-refractivity contribution in [3.05, 3.63) is 71.7 Å². The van der Waals surface area contributed by atoms with Crippen molar-refractivity contribution >= 4 is 22.5 Å². The number of nitrogens with zero attached hydrogens (tertiary/aromatic N) is 6. The van der Waals surface area contributed by atoms with Crippen molar-refractivity contribution in [2.24, 2.45) is 0 Å². The molecule has 0 atom stereocenters. The van der Waals surface area contributed by atoms with Gasteiger partial charge in [0.05, 0.1) is 30.8 Å². The highest BCUT2D eigenvalue weighted by atomic mass is 19.4. The summed E-state index contributed by atoms with van der Waals surface area (Å²) in [7, 11) is 1.72. The Balaban J connectivity index is 1.33. The van der Waals surface area contributed by atoms with Crippen LogP contribution in [0.15, 0.2) is 54.9 Å². The Bertz CT molecular complexity index is 1460. The number of aryl methyl sites for hydroxylation is 1. The minimum atomic E-state index is -4.43. The van der Waals surface area contributed by atoms with E-state index in [4.69, 9.17) is 4.74 Å². The van der Waals surface area contributed by atoms with Crippen molar-refractivity contribution in [3.8, 4) is 11.4 Å². The topological polar surface area (TPSA) is 76.4 Å². The summed E-state index contributed by atoms with van der Waals surface area (Å²) in [5.41, 5.74) is 2.42. The molecule has 0 bridgehead atoms. The van der Waals surface area contributed by atoms with Gasteiger partial charge in [-0.2, -0.15) is 18.3 Å². The van der Waals surface area contributed by atoms with E-state index in [1.54, 1.807) is 35.0 Å². The quantitative estimate of drug-likeness (QED) is 0.372. The number of benzene rings is 2. The summed E-state index contributed by atoms with van der Waals surface area (Å²) in [6, 6.07) is 10.6. The summed E-state index contributed by atoms with van der Waals surface area (Å²) in [6.45, 7) is 6.43. The Kier molecular flexibility index (Phi) is 7.13. The molecule has 11 heteroatoms. The number of carbonyl (C=O) groups excluding carboxylic acids is 1. The molecule has 0 radical (unpaired) electrons. The number of morpholine rings is 1. The molecule has 8 nitrogen and oxygen atoms in total. The molecule has 4 aromatic rings. The van der Waals surface area contributed by atoms with Crippen molar-refractivity contribution in [1.29, 1.82) is 0 Å². The van der Waals surface area contributed by atoms with E-state index >= 15 is 0 Å². The van der Waals surface area contributed by atoms with Crippen molar-refractivity contribution in [1.82, 2.24) is 24.6 Å². The first-order chi connectivity index (χ1) is 18.2. The van der Waals surface area contributed by atoms with Gasteiger partial charge in [0.2, 0.25) is 0 Å². The van der Waals surface area contributed by atoms with Crippen LogP contribution in [0.1, 0.15) is 21.6 Å². The van der Waals surface area contributed by atoms with Crippen LogP contribution in [-0.4, -0.2) is 70.5 Å². The first-order valence-corrected chi connectivity index (χ1v) is 12.3. The number of alkyl halides is 3. The summed E-state index contributed by atoms with van der Waals surface area (Å²) in [4.78, 5) is 26.0. The number of hydrogen-bond donors (Lipinski definition) is 0. The zero-order chi connectivity index (χ0) is 26.9. The number of halogens is 3. The third-order valence-corrected chi connectivity index (χ3v) is 6.70. The second kappa shape index (κ2) is 10.5. The second-order valence-corrected chi connectivity index (χ2v) is 9.22. The number of carbonyl (C=O) groups is 1. The number of fused-ring (bicyclic) bond motifs is 1. The van der Waals surface area contributed by atoms with Crippen LogP contribution < -0.4 is 4.90 Å². The second-order valence-electron chi connectivity index (χ2n) is 9.22. The van der Waals surface area contributed by atoms with Gasteiger partial charge >= 0.3 is 6.18 Å². The summed E-state index contributed by atoms with van der Waals surface area (Å²) in [5, 5.41) is 4.66. The molecular weight excluding hydrogens is 497 g/mol. The zero-order valence-electron chi connectivity index (χ0n) is 21.1. The van der Waals surface area contributed by atoms with E-state index < -0.39 is 11.7 Å². The molecule has 5 rings (SSSR count). The fraction of sp³-hybridized carbons (Fsp3) is 0.333. The summed E-state index contributed by atoms with van der Waals surface area (Å²) < 4.78 is 46.2. The third kappa shape index (κ3) is 5.39. The van der Waals surface area contributed by atoms with Gasteiger partial charge in [-0.05, 0) is 55.0 Å². The molecule has 1 saturated heterocycles. The fourth-order valence-electron chi connectivity index (χ4n) is 4.55. The highest BCUT2D eigenvalue weighted by molar-refractivity contribution is 6.05. The molecule has 0 saturated carbocycles. The maximum atomic E-state index is 13.4. The van der Waals surface area contributed by atoms with Gasteiger partial charge in [-0.15, -0.1) is 0 Å². The molecule has 1 amide bonds. The van der Waals surface area contributed by atoms with Gasteiger partial charge in [0, 0.05) is 55.7 Å². The summed E-state index contributed by atoms with van der Waals surface area (Å²) in [5.74, 6) is 0.213. The average Bonchev–Trinajstić information content (AvgIpc) is 3.39. The summed E-state index contributed by atoms with van der Waals surface area (Å²) in [6.07, 6.45) is -1.40. The molecule has 38 heavy (non-hydrogen) atoms. The maximum Gasteiger partial charge on any atom is 0.416 e. The molecule has 3 heterocycles. The molecule has 0 spiro atoms. The molecule has 1 fully saturated rings. The lowest BCUT2D eigenvalue weighted by Crippen LogP contribution is -2.39. The number of rotatable bonds is 6. The Morgan fingerprint density at radius 3 is 2.61 bits per heavy atom. The molecule has 0 N–H and O–H groups in total. The van der Waals surface area contributed by atoms with E-state index in [2.05, 4.69) is 20.0 Å². The van der Waals surface area contributed by atoms with E-state index in [1.807, 2.05) is 19.1 Å². The van der Waals surface area contributed by atoms with Crippen molar-refractivity contribution in [2.75, 3.05) is 44.8 Å². The van der Waals surface area contributed by atoms with E-state index in [0.717, 1.165) is 43.0 Å². The van der Waals surface area contributed by atoms with Crippen LogP contribution in [0.5, 0.6) is 0 Å². The lowest BCUT2D eigenvalue weighted by atomic mass is 10.1. The molecular formula is C27H27F3N6O2. The summed E-state index contributed by atoms with van der Waals surface area (Å²) >= 11 is 0. The van der Waals surface area contributed by atoms with Crippen LogP contribution >= 0.6 is 0 Å². The first kappa shape index (κ1) is 25.8.